The Kier molecular flexibility index (Phi) is 9.44. The Morgan fingerprint density at radius 2 is 1.22 bits per heavy atom. The Morgan fingerprint density at radius 1 is 0.806 bits per heavy atom. The smallest absolute Gasteiger partial charge is 0.165 e. The first-order valence-electron chi connectivity index (χ1n) is 13.0. The predicted octanol–water partition coefficient (Wildman–Crippen LogP) is 5.50. The van der Waals surface area contributed by atoms with E-state index in [1.54, 1.807) is 0 Å². The van der Waals surface area contributed by atoms with Crippen LogP contribution in [0.1, 0.15) is 49.9 Å². The van der Waals surface area contributed by atoms with E-state index in [9.17, 15) is 0 Å². The number of likely N-dealkylation sites (N-methyl/N-ethyl adjacent to an activating group) is 2. The van der Waals surface area contributed by atoms with Crippen molar-refractivity contribution in [2.75, 3.05) is 33.9 Å². The molecule has 0 saturated carbocycles. The van der Waals surface area contributed by atoms with E-state index in [2.05, 4.69) is 102 Å². The standard InChI is InChI=1S/C30H46N2O4/c1-20-13-11-14-21(2)27(20)33-17-24(5)31(9)26-19-35-30(7,8)36-29(26)32(10)25(6)18-34-28-22(3)15-12-16-23(28)4/h11-16,24-26,29H,17-19H2,1-10H3. The largest absolute Gasteiger partial charge is 0.491 e. The van der Waals surface area contributed by atoms with Crippen LogP contribution in [0.5, 0.6) is 11.5 Å². The summed E-state index contributed by atoms with van der Waals surface area (Å²) in [6, 6.07) is 12.8. The van der Waals surface area contributed by atoms with Gasteiger partial charge in [-0.15, -0.1) is 0 Å². The van der Waals surface area contributed by atoms with Gasteiger partial charge in [0, 0.05) is 12.1 Å². The van der Waals surface area contributed by atoms with E-state index >= 15 is 0 Å². The van der Waals surface area contributed by atoms with Crippen molar-refractivity contribution >= 4 is 0 Å². The minimum atomic E-state index is -0.651. The number of hydrogen-bond acceptors (Lipinski definition) is 6. The molecule has 1 aliphatic rings. The maximum Gasteiger partial charge on any atom is 0.165 e. The molecular formula is C30H46N2O4. The zero-order valence-electron chi connectivity index (χ0n) is 23.9. The Bertz CT molecular complexity index is 968. The number of rotatable bonds is 10. The number of benzene rings is 2. The van der Waals surface area contributed by atoms with Crippen LogP contribution in [0.3, 0.4) is 0 Å². The molecule has 0 aromatic heterocycles. The highest BCUT2D eigenvalue weighted by molar-refractivity contribution is 5.40. The molecule has 4 atom stereocenters. The maximum atomic E-state index is 6.51. The summed E-state index contributed by atoms with van der Waals surface area (Å²) in [5, 5.41) is 0. The molecule has 1 aliphatic heterocycles. The van der Waals surface area contributed by atoms with Crippen LogP contribution in [0.25, 0.3) is 0 Å². The van der Waals surface area contributed by atoms with Crippen LogP contribution < -0.4 is 9.47 Å². The summed E-state index contributed by atoms with van der Waals surface area (Å²) in [5.74, 6) is 1.29. The molecule has 0 radical (unpaired) electrons. The topological polar surface area (TPSA) is 43.4 Å². The van der Waals surface area contributed by atoms with Gasteiger partial charge in [-0.1, -0.05) is 36.4 Å². The summed E-state index contributed by atoms with van der Waals surface area (Å²) in [5.41, 5.74) is 4.63. The van der Waals surface area contributed by atoms with E-state index < -0.39 is 5.79 Å². The van der Waals surface area contributed by atoms with Crippen molar-refractivity contribution < 1.29 is 18.9 Å². The molecule has 0 bridgehead atoms. The fraction of sp³-hybridized carbons (Fsp3) is 0.600. The van der Waals surface area contributed by atoms with Gasteiger partial charge in [-0.05, 0) is 91.7 Å². The number of ether oxygens (including phenoxy) is 4. The molecule has 1 saturated heterocycles. The first-order valence-corrected chi connectivity index (χ1v) is 13.0. The number of hydrogen-bond donors (Lipinski definition) is 0. The molecule has 0 aliphatic carbocycles. The lowest BCUT2D eigenvalue weighted by molar-refractivity contribution is -0.324. The van der Waals surface area contributed by atoms with Gasteiger partial charge in [0.2, 0.25) is 0 Å². The van der Waals surface area contributed by atoms with Crippen LogP contribution in [-0.4, -0.2) is 73.9 Å². The lowest BCUT2D eigenvalue weighted by Gasteiger charge is -2.49. The molecule has 36 heavy (non-hydrogen) atoms. The fourth-order valence-corrected chi connectivity index (χ4v) is 4.72. The lowest BCUT2D eigenvalue weighted by Crippen LogP contribution is -2.63. The maximum absolute atomic E-state index is 6.51. The zero-order valence-corrected chi connectivity index (χ0v) is 23.9. The van der Waals surface area contributed by atoms with Crippen LogP contribution in [0.2, 0.25) is 0 Å². The molecule has 4 unspecified atom stereocenters. The van der Waals surface area contributed by atoms with Crippen molar-refractivity contribution in [1.82, 2.24) is 9.80 Å². The minimum absolute atomic E-state index is 0.0437. The third-order valence-electron chi connectivity index (χ3n) is 7.41. The van der Waals surface area contributed by atoms with E-state index in [4.69, 9.17) is 18.9 Å². The Balaban J connectivity index is 1.69. The van der Waals surface area contributed by atoms with Gasteiger partial charge >= 0.3 is 0 Å². The Labute approximate surface area is 218 Å². The van der Waals surface area contributed by atoms with E-state index in [1.165, 1.54) is 0 Å². The van der Waals surface area contributed by atoms with Crippen LogP contribution in [0.4, 0.5) is 0 Å². The highest BCUT2D eigenvalue weighted by Crippen LogP contribution is 2.30. The third kappa shape index (κ3) is 6.80. The van der Waals surface area contributed by atoms with Gasteiger partial charge in [-0.3, -0.25) is 9.80 Å². The van der Waals surface area contributed by atoms with Gasteiger partial charge in [0.1, 0.15) is 30.9 Å². The van der Waals surface area contributed by atoms with Crippen molar-refractivity contribution in [3.63, 3.8) is 0 Å². The Morgan fingerprint density at radius 3 is 1.67 bits per heavy atom. The molecule has 0 spiro atoms. The minimum Gasteiger partial charge on any atom is -0.491 e. The van der Waals surface area contributed by atoms with Crippen molar-refractivity contribution in [2.45, 2.75) is 85.5 Å². The van der Waals surface area contributed by atoms with E-state index in [0.29, 0.717) is 19.8 Å². The number of aryl methyl sites for hydroxylation is 4. The SMILES string of the molecule is Cc1cccc(C)c1OCC(C)N(C)C1COC(C)(C)OC1N(C)C(C)COc1c(C)cccc1C. The summed E-state index contributed by atoms with van der Waals surface area (Å²) in [6.45, 7) is 18.4. The van der Waals surface area contributed by atoms with Crippen LogP contribution in [0.15, 0.2) is 36.4 Å². The first kappa shape index (κ1) is 28.5. The van der Waals surface area contributed by atoms with Crippen molar-refractivity contribution in [3.8, 4) is 11.5 Å². The van der Waals surface area contributed by atoms with E-state index in [-0.39, 0.29) is 24.4 Å². The molecule has 1 heterocycles. The summed E-state index contributed by atoms with van der Waals surface area (Å²) in [4.78, 5) is 4.60. The number of nitrogens with zero attached hydrogens (tertiary/aromatic N) is 2. The lowest BCUT2D eigenvalue weighted by atomic mass is 10.1. The second-order valence-electron chi connectivity index (χ2n) is 10.9. The molecular weight excluding hydrogens is 452 g/mol. The molecule has 200 valence electrons. The summed E-state index contributed by atoms with van der Waals surface area (Å²) in [6.07, 6.45) is -0.155. The van der Waals surface area contributed by atoms with Crippen molar-refractivity contribution in [2.24, 2.45) is 0 Å². The molecule has 6 heteroatoms. The second-order valence-corrected chi connectivity index (χ2v) is 10.9. The van der Waals surface area contributed by atoms with E-state index in [1.807, 2.05) is 13.8 Å². The molecule has 6 nitrogen and oxygen atoms in total. The van der Waals surface area contributed by atoms with Crippen LogP contribution in [0, 0.1) is 27.7 Å². The summed E-state index contributed by atoms with van der Waals surface area (Å²) < 4.78 is 25.2. The van der Waals surface area contributed by atoms with Crippen molar-refractivity contribution in [1.29, 1.82) is 0 Å². The molecule has 3 rings (SSSR count). The summed E-state index contributed by atoms with van der Waals surface area (Å²) in [7, 11) is 4.25. The monoisotopic (exact) mass is 498 g/mol. The van der Waals surface area contributed by atoms with Crippen LogP contribution >= 0.6 is 0 Å². The van der Waals surface area contributed by atoms with Gasteiger partial charge in [0.15, 0.2) is 5.79 Å². The second kappa shape index (κ2) is 12.0. The summed E-state index contributed by atoms with van der Waals surface area (Å²) >= 11 is 0. The van der Waals surface area contributed by atoms with Crippen LogP contribution in [-0.2, 0) is 9.47 Å². The highest BCUT2D eigenvalue weighted by atomic mass is 16.7. The van der Waals surface area contributed by atoms with Crippen molar-refractivity contribution in [3.05, 3.63) is 58.7 Å². The molecule has 0 N–H and O–H groups in total. The molecule has 1 fully saturated rings. The van der Waals surface area contributed by atoms with Gasteiger partial charge in [-0.25, -0.2) is 0 Å². The zero-order chi connectivity index (χ0) is 26.6. The average molecular weight is 499 g/mol. The molecule has 2 aromatic rings. The van der Waals surface area contributed by atoms with Gasteiger partial charge in [0.05, 0.1) is 12.6 Å². The molecule has 0 amide bonds. The number of para-hydroxylation sites is 2. The normalized spacial score (nSPS) is 21.4. The van der Waals surface area contributed by atoms with Gasteiger partial charge in [0.25, 0.3) is 0 Å². The highest BCUT2D eigenvalue weighted by Gasteiger charge is 2.42. The fourth-order valence-electron chi connectivity index (χ4n) is 4.72. The van der Waals surface area contributed by atoms with Gasteiger partial charge < -0.3 is 18.9 Å². The van der Waals surface area contributed by atoms with Gasteiger partial charge in [-0.2, -0.15) is 0 Å². The molecule has 2 aromatic carbocycles. The third-order valence-corrected chi connectivity index (χ3v) is 7.41. The first-order chi connectivity index (χ1) is 16.9. The Hall–Kier alpha value is -2.12. The quantitative estimate of drug-likeness (QED) is 0.431. The average Bonchev–Trinajstić information content (AvgIpc) is 2.81. The predicted molar refractivity (Wildman–Crippen MR) is 146 cm³/mol. The van der Waals surface area contributed by atoms with E-state index in [0.717, 1.165) is 33.8 Å².